The molecule has 2 unspecified atom stereocenters. The van der Waals surface area contributed by atoms with Gasteiger partial charge in [-0.2, -0.15) is 0 Å². The highest BCUT2D eigenvalue weighted by Crippen LogP contribution is 2.64. The zero-order chi connectivity index (χ0) is 20.7. The first-order valence-electron chi connectivity index (χ1n) is 10.7. The number of fused-ring (bicyclic) bond motifs is 2. The van der Waals surface area contributed by atoms with Crippen molar-refractivity contribution in [3.63, 3.8) is 0 Å². The minimum atomic E-state index is -0.106. The SMILES string of the molecule is CC(C)(CCCCCCBr)c1cc(O)c([C@@H]2CC(=O)C3CC2C3(C)C)c(O)c1. The molecule has 2 N–H and O–H groups in total. The molecular weight excluding hydrogens is 416 g/mol. The number of carbonyl (C=O) groups excluding carboxylic acids is 1. The van der Waals surface area contributed by atoms with E-state index in [1.807, 2.05) is 12.1 Å². The van der Waals surface area contributed by atoms with Crippen molar-refractivity contribution >= 4 is 21.7 Å². The monoisotopic (exact) mass is 450 g/mol. The van der Waals surface area contributed by atoms with E-state index in [0.29, 0.717) is 17.9 Å². The van der Waals surface area contributed by atoms with Gasteiger partial charge >= 0.3 is 0 Å². The van der Waals surface area contributed by atoms with Crippen LogP contribution in [0.15, 0.2) is 12.1 Å². The highest BCUT2D eigenvalue weighted by Gasteiger charge is 2.59. The van der Waals surface area contributed by atoms with Crippen molar-refractivity contribution in [3.8, 4) is 11.5 Å². The van der Waals surface area contributed by atoms with Crippen molar-refractivity contribution in [1.29, 1.82) is 0 Å². The van der Waals surface area contributed by atoms with E-state index in [1.165, 1.54) is 19.3 Å². The number of phenolic OH excluding ortho intramolecular Hbond substituents is 2. The molecule has 28 heavy (non-hydrogen) atoms. The maximum absolute atomic E-state index is 12.5. The summed E-state index contributed by atoms with van der Waals surface area (Å²) in [5.41, 5.74) is 1.41. The van der Waals surface area contributed by atoms with Crippen LogP contribution in [0, 0.1) is 17.3 Å². The Morgan fingerprint density at radius 2 is 1.71 bits per heavy atom. The van der Waals surface area contributed by atoms with Gasteiger partial charge in [-0.25, -0.2) is 0 Å². The fourth-order valence-electron chi connectivity index (χ4n) is 5.55. The molecule has 3 nitrogen and oxygen atoms in total. The summed E-state index contributed by atoms with van der Waals surface area (Å²) in [6.07, 6.45) is 7.12. The first-order valence-corrected chi connectivity index (χ1v) is 11.9. The van der Waals surface area contributed by atoms with E-state index in [4.69, 9.17) is 0 Å². The molecule has 156 valence electrons. The largest absolute Gasteiger partial charge is 0.508 e. The van der Waals surface area contributed by atoms with Crippen LogP contribution < -0.4 is 0 Å². The van der Waals surface area contributed by atoms with Gasteiger partial charge in [0.15, 0.2) is 0 Å². The summed E-state index contributed by atoms with van der Waals surface area (Å²) >= 11 is 3.47. The minimum absolute atomic E-state index is 0.0358. The molecule has 2 bridgehead atoms. The second kappa shape index (κ2) is 8.01. The molecule has 3 aliphatic rings. The zero-order valence-electron chi connectivity index (χ0n) is 17.7. The lowest BCUT2D eigenvalue weighted by atomic mass is 9.44. The van der Waals surface area contributed by atoms with E-state index < -0.39 is 0 Å². The Balaban J connectivity index is 1.79. The molecule has 0 heterocycles. The van der Waals surface area contributed by atoms with E-state index in [2.05, 4.69) is 43.6 Å². The van der Waals surface area contributed by atoms with Crippen molar-refractivity contribution in [2.45, 2.75) is 84.0 Å². The van der Waals surface area contributed by atoms with Crippen LogP contribution in [-0.2, 0) is 10.2 Å². The van der Waals surface area contributed by atoms with Gasteiger partial charge in [-0.1, -0.05) is 62.9 Å². The van der Waals surface area contributed by atoms with Crippen LogP contribution >= 0.6 is 15.9 Å². The number of aromatic hydroxyl groups is 2. The van der Waals surface area contributed by atoms with Gasteiger partial charge in [-0.15, -0.1) is 0 Å². The molecular formula is C24H35BrO3. The normalized spacial score (nSPS) is 26.2. The van der Waals surface area contributed by atoms with E-state index >= 15 is 0 Å². The number of halogens is 1. The third-order valence-electron chi connectivity index (χ3n) is 7.61. The smallest absolute Gasteiger partial charge is 0.137 e. The van der Waals surface area contributed by atoms with Crippen LogP contribution in [0.5, 0.6) is 11.5 Å². The minimum Gasteiger partial charge on any atom is -0.508 e. The molecule has 0 spiro atoms. The Bertz CT molecular complexity index is 714. The summed E-state index contributed by atoms with van der Waals surface area (Å²) in [5, 5.41) is 22.7. The Kier molecular flexibility index (Phi) is 6.20. The summed E-state index contributed by atoms with van der Waals surface area (Å²) in [6.45, 7) is 8.65. The lowest BCUT2D eigenvalue weighted by Gasteiger charge is -2.59. The maximum atomic E-state index is 12.5. The van der Waals surface area contributed by atoms with Gasteiger partial charge in [0.1, 0.15) is 17.3 Å². The molecule has 0 amide bonds. The van der Waals surface area contributed by atoms with Gasteiger partial charge in [-0.3, -0.25) is 4.79 Å². The molecule has 3 saturated carbocycles. The van der Waals surface area contributed by atoms with Gasteiger partial charge in [0.25, 0.3) is 0 Å². The van der Waals surface area contributed by atoms with Gasteiger partial charge < -0.3 is 10.2 Å². The second-order valence-electron chi connectivity index (χ2n) is 10.2. The molecule has 0 aromatic heterocycles. The predicted molar refractivity (Wildman–Crippen MR) is 117 cm³/mol. The number of hydrogen-bond donors (Lipinski definition) is 2. The summed E-state index contributed by atoms with van der Waals surface area (Å²) < 4.78 is 0. The Morgan fingerprint density at radius 3 is 2.25 bits per heavy atom. The van der Waals surface area contributed by atoms with Crippen LogP contribution in [0.1, 0.15) is 89.7 Å². The summed E-state index contributed by atoms with van der Waals surface area (Å²) in [4.78, 5) is 12.5. The lowest BCUT2D eigenvalue weighted by molar-refractivity contribution is -0.151. The zero-order valence-corrected chi connectivity index (χ0v) is 19.3. The molecule has 1 aromatic rings. The van der Waals surface area contributed by atoms with Crippen LogP contribution in [0.25, 0.3) is 0 Å². The Hall–Kier alpha value is -1.03. The first kappa shape index (κ1) is 21.7. The lowest BCUT2D eigenvalue weighted by Crippen LogP contribution is -2.56. The van der Waals surface area contributed by atoms with E-state index in [0.717, 1.165) is 30.2 Å². The van der Waals surface area contributed by atoms with Crippen molar-refractivity contribution < 1.29 is 15.0 Å². The number of hydrogen-bond acceptors (Lipinski definition) is 3. The van der Waals surface area contributed by atoms with Crippen LogP contribution in [0.3, 0.4) is 0 Å². The highest BCUT2D eigenvalue weighted by molar-refractivity contribution is 9.09. The Morgan fingerprint density at radius 1 is 1.11 bits per heavy atom. The standard InChI is InChI=1S/C24H35BrO3/c1-23(2,9-7-5-6-8-10-25)15-11-20(27)22(21(28)12-15)16-13-19(26)18-14-17(16)24(18,3)4/h11-12,16-18,27-28H,5-10,13-14H2,1-4H3/t16-,17?,18?/m1/s1. The average molecular weight is 451 g/mol. The van der Waals surface area contributed by atoms with Gasteiger partial charge in [0, 0.05) is 29.2 Å². The second-order valence-corrected chi connectivity index (χ2v) is 11.0. The Labute approximate surface area is 178 Å². The average Bonchev–Trinajstić information content (AvgIpc) is 2.60. The highest BCUT2D eigenvalue weighted by atomic mass is 79.9. The van der Waals surface area contributed by atoms with Crippen LogP contribution in [0.2, 0.25) is 0 Å². The number of carbonyl (C=O) groups is 1. The topological polar surface area (TPSA) is 57.5 Å². The number of rotatable bonds is 8. The quantitative estimate of drug-likeness (QED) is 0.353. The van der Waals surface area contributed by atoms with Crippen molar-refractivity contribution in [1.82, 2.24) is 0 Å². The third kappa shape index (κ3) is 3.86. The molecule has 4 rings (SSSR count). The molecule has 4 heteroatoms. The number of alkyl halides is 1. The molecule has 3 aliphatic carbocycles. The molecule has 3 atom stereocenters. The first-order chi connectivity index (χ1) is 13.1. The molecule has 1 aromatic carbocycles. The van der Waals surface area contributed by atoms with Crippen LogP contribution in [-0.4, -0.2) is 21.3 Å². The molecule has 0 radical (unpaired) electrons. The van der Waals surface area contributed by atoms with Gasteiger partial charge in [0.2, 0.25) is 0 Å². The summed E-state index contributed by atoms with van der Waals surface area (Å²) in [6, 6.07) is 3.66. The van der Waals surface area contributed by atoms with Crippen molar-refractivity contribution in [2.24, 2.45) is 17.3 Å². The van der Waals surface area contributed by atoms with Crippen molar-refractivity contribution in [2.75, 3.05) is 5.33 Å². The molecule has 0 aliphatic heterocycles. The number of benzene rings is 1. The number of Topliss-reactive ketones (excluding diaryl/α,β-unsaturated/α-hetero) is 1. The predicted octanol–water partition coefficient (Wildman–Crippen LogP) is 6.44. The molecule has 0 saturated heterocycles. The maximum Gasteiger partial charge on any atom is 0.137 e. The molecule has 3 fully saturated rings. The number of phenols is 2. The third-order valence-corrected chi connectivity index (χ3v) is 8.17. The number of unbranched alkanes of at least 4 members (excludes halogenated alkanes) is 3. The van der Waals surface area contributed by atoms with Crippen molar-refractivity contribution in [3.05, 3.63) is 23.3 Å². The fourth-order valence-corrected chi connectivity index (χ4v) is 5.94. The summed E-state index contributed by atoms with van der Waals surface area (Å²) in [5.74, 6) is 1.02. The van der Waals surface area contributed by atoms with E-state index in [1.54, 1.807) is 0 Å². The van der Waals surface area contributed by atoms with Gasteiger partial charge in [0.05, 0.1) is 0 Å². The van der Waals surface area contributed by atoms with Crippen LogP contribution in [0.4, 0.5) is 0 Å². The fraction of sp³-hybridized carbons (Fsp3) is 0.708. The van der Waals surface area contributed by atoms with E-state index in [9.17, 15) is 15.0 Å². The summed E-state index contributed by atoms with van der Waals surface area (Å²) in [7, 11) is 0. The van der Waals surface area contributed by atoms with E-state index in [-0.39, 0.29) is 39.9 Å². The van der Waals surface area contributed by atoms with Gasteiger partial charge in [-0.05, 0) is 53.7 Å². The number of ketones is 1.